The van der Waals surface area contributed by atoms with Gasteiger partial charge in [0.25, 0.3) is 0 Å². The number of fused-ring (bicyclic) bond motifs is 1. The van der Waals surface area contributed by atoms with Gasteiger partial charge in [-0.05, 0) is 36.2 Å². The number of nitrogens with one attached hydrogen (secondary N) is 2. The molecule has 4 rings (SSSR count). The third-order valence-electron chi connectivity index (χ3n) is 4.61. The Morgan fingerprint density at radius 3 is 2.43 bits per heavy atom. The van der Waals surface area contributed by atoms with Crippen molar-refractivity contribution in [1.29, 1.82) is 0 Å². The van der Waals surface area contributed by atoms with Gasteiger partial charge in [0.05, 0.1) is 11.7 Å². The van der Waals surface area contributed by atoms with Crippen LogP contribution >= 0.6 is 11.7 Å². The minimum absolute atomic E-state index is 0.0154. The van der Waals surface area contributed by atoms with E-state index in [9.17, 15) is 13.2 Å². The molecular weight excluding hydrogens is 420 g/mol. The normalized spacial score (nSPS) is 12.6. The highest BCUT2D eigenvalue weighted by Crippen LogP contribution is 2.25. The summed E-state index contributed by atoms with van der Waals surface area (Å²) in [6.45, 7) is 1.87. The molecule has 0 saturated heterocycles. The monoisotopic (exact) mass is 438 g/mol. The summed E-state index contributed by atoms with van der Waals surface area (Å²) in [5, 5.41) is 2.82. The third-order valence-corrected chi connectivity index (χ3v) is 6.61. The van der Waals surface area contributed by atoms with E-state index in [4.69, 9.17) is 0 Å². The van der Waals surface area contributed by atoms with Gasteiger partial charge in [-0.15, -0.1) is 0 Å². The molecule has 0 spiro atoms. The van der Waals surface area contributed by atoms with Gasteiger partial charge < -0.3 is 5.32 Å². The molecule has 2 N–H and O–H groups in total. The van der Waals surface area contributed by atoms with Crippen molar-refractivity contribution in [3.8, 4) is 0 Å². The van der Waals surface area contributed by atoms with Crippen LogP contribution in [-0.2, 0) is 14.8 Å². The molecule has 0 aliphatic carbocycles. The summed E-state index contributed by atoms with van der Waals surface area (Å²) in [7, 11) is -4.06. The number of aryl methyl sites for hydroxylation is 1. The van der Waals surface area contributed by atoms with Crippen molar-refractivity contribution < 1.29 is 13.2 Å². The van der Waals surface area contributed by atoms with Crippen molar-refractivity contribution in [3.63, 3.8) is 0 Å². The number of hydrogen-bond donors (Lipinski definition) is 2. The van der Waals surface area contributed by atoms with Crippen LogP contribution < -0.4 is 10.0 Å². The topological polar surface area (TPSA) is 101 Å². The molecule has 0 aliphatic rings. The maximum atomic E-state index is 13.2. The van der Waals surface area contributed by atoms with Crippen molar-refractivity contribution >= 4 is 44.4 Å². The molecule has 9 heteroatoms. The summed E-state index contributed by atoms with van der Waals surface area (Å²) in [5.41, 5.74) is 2.78. The van der Waals surface area contributed by atoms with Crippen molar-refractivity contribution in [1.82, 2.24) is 13.5 Å². The van der Waals surface area contributed by atoms with Gasteiger partial charge in [-0.25, -0.2) is 8.42 Å². The van der Waals surface area contributed by atoms with Crippen molar-refractivity contribution in [2.24, 2.45) is 0 Å². The van der Waals surface area contributed by atoms with Gasteiger partial charge in [-0.1, -0.05) is 54.6 Å². The van der Waals surface area contributed by atoms with E-state index in [1.165, 1.54) is 6.07 Å². The van der Waals surface area contributed by atoms with E-state index in [-0.39, 0.29) is 10.4 Å². The number of hydrogen-bond acceptors (Lipinski definition) is 6. The Kier molecular flexibility index (Phi) is 5.58. The molecule has 0 fully saturated rings. The number of carbonyl (C=O) groups is 1. The molecule has 7 nitrogen and oxygen atoms in total. The third kappa shape index (κ3) is 4.09. The summed E-state index contributed by atoms with van der Waals surface area (Å²) in [6, 6.07) is 19.6. The molecule has 1 atom stereocenters. The molecule has 1 heterocycles. The number of nitrogens with zero attached hydrogens (tertiary/aromatic N) is 2. The lowest BCUT2D eigenvalue weighted by atomic mass is 10.1. The zero-order valence-electron chi connectivity index (χ0n) is 15.9. The van der Waals surface area contributed by atoms with E-state index >= 15 is 0 Å². The molecule has 30 heavy (non-hydrogen) atoms. The number of anilines is 1. The second-order valence-corrected chi connectivity index (χ2v) is 8.87. The minimum Gasteiger partial charge on any atom is -0.324 e. The van der Waals surface area contributed by atoms with E-state index in [0.717, 1.165) is 17.3 Å². The number of amides is 1. The summed E-state index contributed by atoms with van der Waals surface area (Å²) < 4.78 is 37.1. The van der Waals surface area contributed by atoms with Crippen molar-refractivity contribution in [2.75, 3.05) is 5.32 Å². The van der Waals surface area contributed by atoms with Crippen LogP contribution in [-0.4, -0.2) is 23.1 Å². The lowest BCUT2D eigenvalue weighted by Crippen LogP contribution is -2.37. The zero-order valence-corrected chi connectivity index (χ0v) is 17.6. The molecule has 1 amide bonds. The van der Waals surface area contributed by atoms with E-state index in [1.807, 2.05) is 19.1 Å². The summed E-state index contributed by atoms with van der Waals surface area (Å²) >= 11 is 0.937. The fourth-order valence-electron chi connectivity index (χ4n) is 3.05. The maximum absolute atomic E-state index is 13.2. The highest BCUT2D eigenvalue weighted by atomic mass is 32.2. The SMILES string of the molecule is Cc1ccccc1NC(=O)C(NS(=O)(=O)c1cccc2nsnc12)c1ccccc1. The van der Waals surface area contributed by atoms with Crippen LogP contribution in [0.2, 0.25) is 0 Å². The molecule has 4 aromatic rings. The minimum atomic E-state index is -4.06. The Labute approximate surface area is 178 Å². The first-order chi connectivity index (χ1) is 14.5. The number of carbonyl (C=O) groups excluding carboxylic acids is 1. The quantitative estimate of drug-likeness (QED) is 0.478. The lowest BCUT2D eigenvalue weighted by Gasteiger charge is -2.20. The first kappa shape index (κ1) is 20.1. The van der Waals surface area contributed by atoms with Gasteiger partial charge in [-0.3, -0.25) is 4.79 Å². The Hall–Kier alpha value is -3.14. The average Bonchev–Trinajstić information content (AvgIpc) is 3.23. The summed E-state index contributed by atoms with van der Waals surface area (Å²) in [5.74, 6) is -0.484. The number of rotatable bonds is 6. The van der Waals surface area contributed by atoms with Gasteiger partial charge in [0.1, 0.15) is 22.0 Å². The molecule has 0 radical (unpaired) electrons. The second-order valence-electron chi connectivity index (χ2n) is 6.66. The van der Waals surface area contributed by atoms with Gasteiger partial charge in [0.15, 0.2) is 0 Å². The fraction of sp³-hybridized carbons (Fsp3) is 0.0952. The highest BCUT2D eigenvalue weighted by molar-refractivity contribution is 7.89. The van der Waals surface area contributed by atoms with Crippen LogP contribution in [0.3, 0.4) is 0 Å². The van der Waals surface area contributed by atoms with E-state index < -0.39 is 22.0 Å². The Morgan fingerprint density at radius 2 is 1.67 bits per heavy atom. The van der Waals surface area contributed by atoms with Crippen molar-refractivity contribution in [3.05, 3.63) is 83.9 Å². The molecule has 0 bridgehead atoms. The molecule has 0 aliphatic heterocycles. The highest BCUT2D eigenvalue weighted by Gasteiger charge is 2.29. The van der Waals surface area contributed by atoms with Crippen LogP contribution in [0.1, 0.15) is 17.2 Å². The van der Waals surface area contributed by atoms with Gasteiger partial charge in [-0.2, -0.15) is 13.5 Å². The Balaban J connectivity index is 1.71. The number of benzene rings is 3. The van der Waals surface area contributed by atoms with Gasteiger partial charge >= 0.3 is 0 Å². The van der Waals surface area contributed by atoms with Gasteiger partial charge in [0.2, 0.25) is 15.9 Å². The fourth-order valence-corrected chi connectivity index (χ4v) is 5.00. The number of sulfonamides is 1. The molecule has 152 valence electrons. The second kappa shape index (κ2) is 8.31. The van der Waals surface area contributed by atoms with Crippen LogP contribution in [0.25, 0.3) is 11.0 Å². The van der Waals surface area contributed by atoms with E-state index in [1.54, 1.807) is 54.6 Å². The predicted molar refractivity (Wildman–Crippen MR) is 117 cm³/mol. The number of para-hydroxylation sites is 1. The van der Waals surface area contributed by atoms with Crippen LogP contribution in [0.5, 0.6) is 0 Å². The standard InChI is InChI=1S/C21H18N4O3S2/c1-14-8-5-6-11-16(14)22-21(26)19(15-9-3-2-4-10-15)25-30(27,28)18-13-7-12-17-20(18)24-29-23-17/h2-13,19,25H,1H3,(H,22,26). The van der Waals surface area contributed by atoms with E-state index in [0.29, 0.717) is 16.8 Å². The predicted octanol–water partition coefficient (Wildman–Crippen LogP) is 3.66. The largest absolute Gasteiger partial charge is 0.324 e. The maximum Gasteiger partial charge on any atom is 0.247 e. The van der Waals surface area contributed by atoms with E-state index in [2.05, 4.69) is 18.8 Å². The van der Waals surface area contributed by atoms with Crippen LogP contribution in [0.4, 0.5) is 5.69 Å². The summed E-state index contributed by atoms with van der Waals surface area (Å²) in [6.07, 6.45) is 0. The first-order valence-corrected chi connectivity index (χ1v) is 11.3. The lowest BCUT2D eigenvalue weighted by molar-refractivity contribution is -0.117. The Bertz CT molecular complexity index is 1300. The average molecular weight is 439 g/mol. The molecule has 0 saturated carbocycles. The smallest absolute Gasteiger partial charge is 0.247 e. The van der Waals surface area contributed by atoms with Crippen LogP contribution in [0, 0.1) is 6.92 Å². The first-order valence-electron chi connectivity index (χ1n) is 9.11. The zero-order chi connectivity index (χ0) is 21.1. The number of aromatic nitrogens is 2. The summed E-state index contributed by atoms with van der Waals surface area (Å²) in [4.78, 5) is 13.1. The molecule has 1 unspecified atom stereocenters. The van der Waals surface area contributed by atoms with Crippen LogP contribution in [0.15, 0.2) is 77.7 Å². The van der Waals surface area contributed by atoms with Gasteiger partial charge in [0, 0.05) is 5.69 Å². The Morgan fingerprint density at radius 1 is 0.933 bits per heavy atom. The van der Waals surface area contributed by atoms with Crippen molar-refractivity contribution in [2.45, 2.75) is 17.9 Å². The molecule has 3 aromatic carbocycles. The molecule has 1 aromatic heterocycles. The molecular formula is C21H18N4O3S2.